The van der Waals surface area contributed by atoms with Crippen molar-refractivity contribution < 1.29 is 29.0 Å². The number of carbonyl (C=O) groups excluding carboxylic acids is 3. The number of aliphatic hydroxyl groups excluding tert-OH is 1. The predicted molar refractivity (Wildman–Crippen MR) is 203 cm³/mol. The Morgan fingerprint density at radius 2 is 1.65 bits per heavy atom. The number of fused-ring (bicyclic) bond motifs is 3. The number of carbonyl (C=O) groups is 3. The predicted octanol–water partition coefficient (Wildman–Crippen LogP) is 5.66. The van der Waals surface area contributed by atoms with Gasteiger partial charge in [-0.25, -0.2) is 0 Å². The molecule has 0 radical (unpaired) electrons. The molecule has 0 unspecified atom stereocenters. The van der Waals surface area contributed by atoms with Crippen LogP contribution in [0.1, 0.15) is 36.5 Å². The molecule has 0 bridgehead atoms. The molecule has 1 N–H and O–H groups in total. The van der Waals surface area contributed by atoms with E-state index in [4.69, 9.17) is 9.47 Å². The lowest BCUT2D eigenvalue weighted by atomic mass is 9.82. The van der Waals surface area contributed by atoms with E-state index < -0.39 is 19.8 Å². The van der Waals surface area contributed by atoms with Gasteiger partial charge in [-0.2, -0.15) is 0 Å². The molecule has 0 saturated carbocycles. The van der Waals surface area contributed by atoms with Gasteiger partial charge in [0.05, 0.1) is 46.0 Å². The van der Waals surface area contributed by atoms with Gasteiger partial charge in [0.1, 0.15) is 5.75 Å². The number of hydrogen-bond donors (Lipinski definition) is 1. The van der Waals surface area contributed by atoms with Crippen LogP contribution in [0.15, 0.2) is 97.1 Å². The van der Waals surface area contributed by atoms with Crippen molar-refractivity contribution in [2.45, 2.75) is 69.1 Å². The van der Waals surface area contributed by atoms with Crippen LogP contribution in [0.5, 0.6) is 5.75 Å². The summed E-state index contributed by atoms with van der Waals surface area (Å²) < 4.78 is 12.8. The fourth-order valence-corrected chi connectivity index (χ4v) is 13.4. The number of ether oxygens (including phenoxy) is 2. The molecule has 268 valence electrons. The molecule has 52 heavy (non-hydrogen) atoms. The van der Waals surface area contributed by atoms with Crippen molar-refractivity contribution >= 4 is 48.0 Å². The van der Waals surface area contributed by atoms with Crippen LogP contribution >= 0.6 is 0 Å². The Hall–Kier alpha value is -4.77. The minimum absolute atomic E-state index is 0.0505. The molecule has 0 aromatic heterocycles. The molecule has 3 amide bonds. The van der Waals surface area contributed by atoms with Gasteiger partial charge >= 0.3 is 0 Å². The van der Waals surface area contributed by atoms with Gasteiger partial charge in [-0.15, -0.1) is 0 Å². The van der Waals surface area contributed by atoms with Crippen molar-refractivity contribution in [3.05, 3.63) is 114 Å². The number of amides is 3. The minimum Gasteiger partial charge on any atom is -0.497 e. The third kappa shape index (κ3) is 5.30. The Bertz CT molecular complexity index is 2040. The Morgan fingerprint density at radius 3 is 2.31 bits per heavy atom. The lowest BCUT2D eigenvalue weighted by Crippen LogP contribution is -2.52. The first kappa shape index (κ1) is 34.3. The second-order valence-electron chi connectivity index (χ2n) is 15.2. The van der Waals surface area contributed by atoms with Crippen LogP contribution in [-0.4, -0.2) is 68.2 Å². The van der Waals surface area contributed by atoms with E-state index in [-0.39, 0.29) is 48.3 Å². The maximum atomic E-state index is 15.3. The number of anilines is 3. The number of nitrogens with zero attached hydrogens (tertiary/aromatic N) is 3. The van der Waals surface area contributed by atoms with Crippen molar-refractivity contribution in [2.75, 3.05) is 30.1 Å². The number of methoxy groups -OCH3 is 1. The molecule has 10 heteroatoms. The second kappa shape index (κ2) is 13.0. The van der Waals surface area contributed by atoms with Gasteiger partial charge in [-0.1, -0.05) is 79.8 Å². The van der Waals surface area contributed by atoms with Crippen molar-refractivity contribution in [1.29, 1.82) is 0 Å². The summed E-state index contributed by atoms with van der Waals surface area (Å²) in [6.07, 6.45) is 0.550. The van der Waals surface area contributed by atoms with Crippen molar-refractivity contribution in [2.24, 2.45) is 5.92 Å². The molecule has 4 aromatic rings. The average Bonchev–Trinajstić information content (AvgIpc) is 3.59. The van der Waals surface area contributed by atoms with Crippen molar-refractivity contribution in [1.82, 2.24) is 4.90 Å². The van der Waals surface area contributed by atoms with E-state index in [2.05, 4.69) is 38.2 Å². The van der Waals surface area contributed by atoms with Crippen LogP contribution in [0, 0.1) is 5.92 Å². The molecule has 1 spiro atoms. The highest BCUT2D eigenvalue weighted by Gasteiger charge is 2.67. The summed E-state index contributed by atoms with van der Waals surface area (Å²) in [7, 11) is -0.880. The highest BCUT2D eigenvalue weighted by atomic mass is 28.3. The zero-order valence-electron chi connectivity index (χ0n) is 30.1. The lowest BCUT2D eigenvalue weighted by Gasteiger charge is -2.39. The Morgan fingerprint density at radius 1 is 0.942 bits per heavy atom. The first-order valence-corrected chi connectivity index (χ1v) is 21.3. The van der Waals surface area contributed by atoms with Gasteiger partial charge in [-0.05, 0) is 65.6 Å². The summed E-state index contributed by atoms with van der Waals surface area (Å²) in [4.78, 5) is 47.8. The molecule has 2 saturated heterocycles. The van der Waals surface area contributed by atoms with E-state index in [1.165, 1.54) is 5.19 Å². The number of aliphatic hydroxyl groups is 1. The summed E-state index contributed by atoms with van der Waals surface area (Å²) in [5.74, 6) is 0.201. The number of benzene rings is 4. The lowest BCUT2D eigenvalue weighted by molar-refractivity contribution is -0.150. The number of β-lactam (4-membered cyclic amide) rings is 1. The monoisotopic (exact) mass is 715 g/mol. The second-order valence-corrected chi connectivity index (χ2v) is 19.9. The highest BCUT2D eigenvalue weighted by Crippen LogP contribution is 2.61. The number of para-hydroxylation sites is 1. The molecule has 0 aliphatic carbocycles. The first-order chi connectivity index (χ1) is 25.1. The standard InChI is InChI=1S/C42H45N3O6Si/c1-27-40(52(3,4)34-17-15-33(50-2)16-18-34)37(24-39(48)44-25-29-11-9-8-10-28(29)22-32(44)26-46)51-42(27)35-23-31(43-21-20-38(43)47)14-19-36(35)45(41(42)49)30-12-6-5-7-13-30/h5-19,23,27,32,37,40,46H,20-22,24-26H2,1-4H3/t27-,32-,37+,40-,42+/m0/s1. The molecule has 8 rings (SSSR count). The van der Waals surface area contributed by atoms with Gasteiger partial charge in [0.2, 0.25) is 11.8 Å². The van der Waals surface area contributed by atoms with Gasteiger partial charge in [0, 0.05) is 42.4 Å². The third-order valence-corrected chi connectivity index (χ3v) is 16.5. The topological polar surface area (TPSA) is 99.6 Å². The zero-order valence-corrected chi connectivity index (χ0v) is 31.1. The van der Waals surface area contributed by atoms with Crippen LogP contribution in [0.2, 0.25) is 18.6 Å². The molecule has 2 fully saturated rings. The van der Waals surface area contributed by atoms with Gasteiger partial charge in [0.25, 0.3) is 5.91 Å². The number of rotatable bonds is 8. The molecule has 5 atom stereocenters. The molecule has 4 aliphatic rings. The maximum absolute atomic E-state index is 15.3. The van der Waals surface area contributed by atoms with Gasteiger partial charge in [0.15, 0.2) is 5.60 Å². The average molecular weight is 716 g/mol. The van der Waals surface area contributed by atoms with Crippen LogP contribution in [-0.2, 0) is 37.7 Å². The smallest absolute Gasteiger partial charge is 0.268 e. The molecule has 4 aliphatic heterocycles. The summed E-state index contributed by atoms with van der Waals surface area (Å²) in [5.41, 5.74) is 3.60. The van der Waals surface area contributed by atoms with E-state index in [0.29, 0.717) is 25.9 Å². The summed E-state index contributed by atoms with van der Waals surface area (Å²) in [6.45, 7) is 7.60. The van der Waals surface area contributed by atoms with E-state index in [9.17, 15) is 14.7 Å². The highest BCUT2D eigenvalue weighted by molar-refractivity contribution is 6.91. The first-order valence-electron chi connectivity index (χ1n) is 18.2. The molecule has 4 aromatic carbocycles. The normalized spacial score (nSPS) is 25.3. The van der Waals surface area contributed by atoms with E-state index in [1.54, 1.807) is 21.8 Å². The largest absolute Gasteiger partial charge is 0.497 e. The fourth-order valence-electron chi connectivity index (χ4n) is 9.35. The third-order valence-electron chi connectivity index (χ3n) is 12.2. The van der Waals surface area contributed by atoms with Crippen LogP contribution in [0.3, 0.4) is 0 Å². The van der Waals surface area contributed by atoms with E-state index >= 15 is 4.79 Å². The van der Waals surface area contributed by atoms with Crippen LogP contribution < -0.4 is 19.7 Å². The van der Waals surface area contributed by atoms with Crippen molar-refractivity contribution in [3.63, 3.8) is 0 Å². The Labute approximate surface area is 305 Å². The molecular weight excluding hydrogens is 671 g/mol. The fraction of sp³-hybridized carbons (Fsp3) is 0.357. The Balaban J connectivity index is 1.24. The van der Waals surface area contributed by atoms with E-state index in [0.717, 1.165) is 39.5 Å². The van der Waals surface area contributed by atoms with E-state index in [1.807, 2.05) is 78.9 Å². The quantitative estimate of drug-likeness (QED) is 0.187. The summed E-state index contributed by atoms with van der Waals surface area (Å²) >= 11 is 0. The SMILES string of the molecule is COc1ccc([Si](C)(C)[C@@H]2[C@@H](CC(=O)N3Cc4ccccc4C[C@H]3CO)O[C@]3(C(=O)N(c4ccccc4)c4ccc(N5CCC5=O)cc43)[C@H]2C)cc1. The zero-order chi connectivity index (χ0) is 36.4. The van der Waals surface area contributed by atoms with Crippen molar-refractivity contribution in [3.8, 4) is 5.75 Å². The maximum Gasteiger partial charge on any atom is 0.268 e. The molecule has 9 nitrogen and oxygen atoms in total. The summed E-state index contributed by atoms with van der Waals surface area (Å²) in [5, 5.41) is 11.6. The molecular formula is C42H45N3O6Si. The Kier molecular flexibility index (Phi) is 8.59. The van der Waals surface area contributed by atoms with Crippen LogP contribution in [0.25, 0.3) is 0 Å². The van der Waals surface area contributed by atoms with Gasteiger partial charge in [-0.3, -0.25) is 19.3 Å². The number of hydrogen-bond acceptors (Lipinski definition) is 6. The molecule has 4 heterocycles. The summed E-state index contributed by atoms with van der Waals surface area (Å²) in [6, 6.07) is 31.3. The van der Waals surface area contributed by atoms with Crippen LogP contribution in [0.4, 0.5) is 17.1 Å². The van der Waals surface area contributed by atoms with Gasteiger partial charge < -0.3 is 24.4 Å². The minimum atomic E-state index is -2.53.